The van der Waals surface area contributed by atoms with Gasteiger partial charge < -0.3 is 10.2 Å². The zero-order chi connectivity index (χ0) is 22.4. The first-order chi connectivity index (χ1) is 15.6. The van der Waals surface area contributed by atoms with Crippen molar-refractivity contribution in [1.82, 2.24) is 0 Å². The molecular formula is C28H24ClNO2. The summed E-state index contributed by atoms with van der Waals surface area (Å²) < 4.78 is 0. The molecule has 4 aromatic carbocycles. The van der Waals surface area contributed by atoms with Gasteiger partial charge in [0.05, 0.1) is 11.1 Å². The molecule has 0 aliphatic carbocycles. The molecule has 2 N–H and O–H groups in total. The van der Waals surface area contributed by atoms with Gasteiger partial charge in [0.15, 0.2) is 0 Å². The lowest BCUT2D eigenvalue weighted by Gasteiger charge is -2.35. The molecule has 1 atom stereocenters. The zero-order valence-corrected chi connectivity index (χ0v) is 18.2. The number of aliphatic hydroxyl groups is 1. The van der Waals surface area contributed by atoms with Gasteiger partial charge in [0.1, 0.15) is 11.4 Å². The molecule has 0 bridgehead atoms. The van der Waals surface area contributed by atoms with Gasteiger partial charge in [-0.2, -0.15) is 0 Å². The summed E-state index contributed by atoms with van der Waals surface area (Å²) in [5, 5.41) is 22.9. The minimum absolute atomic E-state index is 0.0284. The van der Waals surface area contributed by atoms with Crippen LogP contribution in [0.25, 0.3) is 0 Å². The largest absolute Gasteiger partial charge is 0.506 e. The van der Waals surface area contributed by atoms with Crippen molar-refractivity contribution in [2.75, 3.05) is 0 Å². The third-order valence-electron chi connectivity index (χ3n) is 5.59. The van der Waals surface area contributed by atoms with Crippen LogP contribution in [0.15, 0.2) is 114 Å². The first-order valence-electron chi connectivity index (χ1n) is 10.5. The second kappa shape index (κ2) is 9.82. The van der Waals surface area contributed by atoms with E-state index >= 15 is 0 Å². The lowest BCUT2D eigenvalue weighted by Crippen LogP contribution is -2.41. The number of aliphatic imine (C=N–C) groups is 1. The molecule has 0 heterocycles. The summed E-state index contributed by atoms with van der Waals surface area (Å²) in [5.41, 5.74) is 1.66. The molecule has 0 aliphatic rings. The first kappa shape index (κ1) is 21.8. The second-order valence-corrected chi connectivity index (χ2v) is 8.07. The smallest absolute Gasteiger partial charge is 0.142 e. The standard InChI is InChI=1S/C28H24ClNO2/c29-25-18-10-13-22(27(25)31)20-30-26(19-21-11-4-1-5-12-21)28(32,23-14-6-2-7-15-23)24-16-8-3-9-17-24/h1-18,20,26,31-32H,19H2/t26-/m0/s1. The molecule has 0 amide bonds. The number of halogens is 1. The van der Waals surface area contributed by atoms with Crippen molar-refractivity contribution in [1.29, 1.82) is 0 Å². The molecule has 4 rings (SSSR count). The maximum Gasteiger partial charge on any atom is 0.142 e. The highest BCUT2D eigenvalue weighted by atomic mass is 35.5. The number of aromatic hydroxyl groups is 1. The van der Waals surface area contributed by atoms with E-state index in [0.29, 0.717) is 12.0 Å². The first-order valence-corrected chi connectivity index (χ1v) is 10.8. The van der Waals surface area contributed by atoms with E-state index in [1.807, 2.05) is 91.0 Å². The Hall–Kier alpha value is -3.40. The van der Waals surface area contributed by atoms with Crippen molar-refractivity contribution in [2.45, 2.75) is 18.1 Å². The normalized spacial score (nSPS) is 12.7. The molecule has 0 spiro atoms. The van der Waals surface area contributed by atoms with E-state index in [2.05, 4.69) is 0 Å². The highest BCUT2D eigenvalue weighted by molar-refractivity contribution is 6.32. The van der Waals surface area contributed by atoms with Gasteiger partial charge >= 0.3 is 0 Å². The summed E-state index contributed by atoms with van der Waals surface area (Å²) >= 11 is 6.08. The van der Waals surface area contributed by atoms with Gasteiger partial charge in [-0.3, -0.25) is 4.99 Å². The van der Waals surface area contributed by atoms with Crippen LogP contribution in [0.5, 0.6) is 5.75 Å². The molecule has 0 saturated heterocycles. The molecule has 0 saturated carbocycles. The van der Waals surface area contributed by atoms with E-state index in [1.165, 1.54) is 0 Å². The van der Waals surface area contributed by atoms with Crippen LogP contribution in [0.3, 0.4) is 0 Å². The van der Waals surface area contributed by atoms with Crippen molar-refractivity contribution in [3.8, 4) is 5.75 Å². The number of para-hydroxylation sites is 1. The molecule has 160 valence electrons. The molecule has 32 heavy (non-hydrogen) atoms. The Morgan fingerprint density at radius 3 is 1.84 bits per heavy atom. The summed E-state index contributed by atoms with van der Waals surface area (Å²) in [4.78, 5) is 4.82. The number of hydrogen-bond acceptors (Lipinski definition) is 3. The van der Waals surface area contributed by atoms with Crippen molar-refractivity contribution in [3.63, 3.8) is 0 Å². The maximum absolute atomic E-state index is 12.3. The molecule has 0 fully saturated rings. The number of nitrogens with zero attached hydrogens (tertiary/aromatic N) is 1. The van der Waals surface area contributed by atoms with E-state index in [0.717, 1.165) is 16.7 Å². The Morgan fingerprint density at radius 2 is 1.28 bits per heavy atom. The summed E-state index contributed by atoms with van der Waals surface area (Å²) in [7, 11) is 0. The molecule has 4 aromatic rings. The fourth-order valence-corrected chi connectivity index (χ4v) is 4.07. The zero-order valence-electron chi connectivity index (χ0n) is 17.5. The fraction of sp³-hybridized carbons (Fsp3) is 0.107. The Morgan fingerprint density at radius 1 is 0.750 bits per heavy atom. The van der Waals surface area contributed by atoms with Crippen LogP contribution in [-0.2, 0) is 12.0 Å². The van der Waals surface area contributed by atoms with Gasteiger partial charge in [0, 0.05) is 11.8 Å². The topological polar surface area (TPSA) is 52.8 Å². The van der Waals surface area contributed by atoms with E-state index in [9.17, 15) is 10.2 Å². The fourth-order valence-electron chi connectivity index (χ4n) is 3.89. The monoisotopic (exact) mass is 441 g/mol. The Bertz CT molecular complexity index is 1140. The van der Waals surface area contributed by atoms with Gasteiger partial charge in [-0.05, 0) is 35.2 Å². The molecule has 0 radical (unpaired) electrons. The van der Waals surface area contributed by atoms with Crippen LogP contribution in [0.4, 0.5) is 0 Å². The lowest BCUT2D eigenvalue weighted by molar-refractivity contribution is 0.0528. The van der Waals surface area contributed by atoms with Crippen molar-refractivity contribution in [3.05, 3.63) is 136 Å². The summed E-state index contributed by atoms with van der Waals surface area (Å²) in [6, 6.07) is 33.7. The van der Waals surface area contributed by atoms with E-state index < -0.39 is 11.6 Å². The lowest BCUT2D eigenvalue weighted by atomic mass is 9.78. The van der Waals surface area contributed by atoms with Gasteiger partial charge in [-0.15, -0.1) is 0 Å². The third kappa shape index (κ3) is 4.59. The van der Waals surface area contributed by atoms with Crippen LogP contribution in [0, 0.1) is 0 Å². The van der Waals surface area contributed by atoms with Crippen LogP contribution >= 0.6 is 11.6 Å². The van der Waals surface area contributed by atoms with Crippen LogP contribution in [-0.4, -0.2) is 22.5 Å². The minimum atomic E-state index is -1.39. The minimum Gasteiger partial charge on any atom is -0.506 e. The van der Waals surface area contributed by atoms with Crippen molar-refractivity contribution >= 4 is 17.8 Å². The molecule has 0 unspecified atom stereocenters. The highest BCUT2D eigenvalue weighted by Crippen LogP contribution is 2.36. The van der Waals surface area contributed by atoms with Gasteiger partial charge in [0.25, 0.3) is 0 Å². The average molecular weight is 442 g/mol. The Kier molecular flexibility index (Phi) is 6.69. The van der Waals surface area contributed by atoms with Gasteiger partial charge in [-0.1, -0.05) is 109 Å². The summed E-state index contributed by atoms with van der Waals surface area (Å²) in [6.45, 7) is 0. The van der Waals surface area contributed by atoms with Crippen molar-refractivity contribution < 1.29 is 10.2 Å². The Labute approximate surface area is 193 Å². The average Bonchev–Trinajstić information content (AvgIpc) is 2.85. The molecule has 3 nitrogen and oxygen atoms in total. The SMILES string of the molecule is Oc1c(Cl)cccc1C=N[C@@H](Cc1ccccc1)C(O)(c1ccccc1)c1ccccc1. The van der Waals surface area contributed by atoms with E-state index in [4.69, 9.17) is 16.6 Å². The predicted octanol–water partition coefficient (Wildman–Crippen LogP) is 6.01. The molecular weight excluding hydrogens is 418 g/mol. The summed E-state index contributed by atoms with van der Waals surface area (Å²) in [5.74, 6) is -0.0284. The number of phenols is 1. The molecule has 0 aromatic heterocycles. The van der Waals surface area contributed by atoms with Crippen LogP contribution < -0.4 is 0 Å². The number of phenolic OH excluding ortho intramolecular Hbond substituents is 1. The number of benzene rings is 4. The van der Waals surface area contributed by atoms with E-state index in [-0.39, 0.29) is 10.8 Å². The third-order valence-corrected chi connectivity index (χ3v) is 5.90. The highest BCUT2D eigenvalue weighted by Gasteiger charge is 2.40. The molecule has 4 heteroatoms. The van der Waals surface area contributed by atoms with E-state index in [1.54, 1.807) is 24.4 Å². The quantitative estimate of drug-likeness (QED) is 0.345. The van der Waals surface area contributed by atoms with Crippen LogP contribution in [0.2, 0.25) is 5.02 Å². The second-order valence-electron chi connectivity index (χ2n) is 7.66. The van der Waals surface area contributed by atoms with Crippen LogP contribution in [0.1, 0.15) is 22.3 Å². The number of hydrogen-bond donors (Lipinski definition) is 2. The maximum atomic E-state index is 12.3. The molecule has 0 aliphatic heterocycles. The van der Waals surface area contributed by atoms with Gasteiger partial charge in [-0.25, -0.2) is 0 Å². The Balaban J connectivity index is 1.85. The number of rotatable bonds is 7. The van der Waals surface area contributed by atoms with Gasteiger partial charge in [0.2, 0.25) is 0 Å². The summed E-state index contributed by atoms with van der Waals surface area (Å²) in [6.07, 6.45) is 2.09. The van der Waals surface area contributed by atoms with Crippen molar-refractivity contribution in [2.24, 2.45) is 4.99 Å². The predicted molar refractivity (Wildman–Crippen MR) is 131 cm³/mol.